The lowest BCUT2D eigenvalue weighted by atomic mass is 9.70. The zero-order valence-corrected chi connectivity index (χ0v) is 37.8. The van der Waals surface area contributed by atoms with E-state index in [1.54, 1.807) is 0 Å². The third-order valence-electron chi connectivity index (χ3n) is 14.8. The maximum Gasteiger partial charge on any atom is 0.0726 e. The Labute approximate surface area is 402 Å². The van der Waals surface area contributed by atoms with Crippen molar-refractivity contribution in [3.8, 4) is 61.3 Å². The summed E-state index contributed by atoms with van der Waals surface area (Å²) in [6.45, 7) is 0. The van der Waals surface area contributed by atoms with Crippen LogP contribution in [-0.2, 0) is 5.41 Å². The molecule has 1 heterocycles. The van der Waals surface area contributed by atoms with Gasteiger partial charge in [0.2, 0.25) is 0 Å². The molecule has 69 heavy (non-hydrogen) atoms. The van der Waals surface area contributed by atoms with Gasteiger partial charge in [0, 0.05) is 33.4 Å². The topological polar surface area (TPSA) is 8.17 Å². The monoisotopic (exact) mass is 876 g/mol. The van der Waals surface area contributed by atoms with Gasteiger partial charge >= 0.3 is 0 Å². The third kappa shape index (κ3) is 5.86. The quantitative estimate of drug-likeness (QED) is 0.155. The van der Waals surface area contributed by atoms with Crippen LogP contribution in [0.4, 0.5) is 17.1 Å². The van der Waals surface area contributed by atoms with Gasteiger partial charge in [-0.25, -0.2) is 0 Å². The molecule has 0 bridgehead atoms. The van der Waals surface area contributed by atoms with Gasteiger partial charge in [-0.2, -0.15) is 0 Å². The van der Waals surface area contributed by atoms with Gasteiger partial charge in [0.1, 0.15) is 0 Å². The number of hydrogen-bond donors (Lipinski definition) is 0. The zero-order chi connectivity index (χ0) is 45.5. The summed E-state index contributed by atoms with van der Waals surface area (Å²) in [4.78, 5) is 2.52. The normalized spacial score (nSPS) is 12.8. The number of nitrogens with zero attached hydrogens (tertiary/aromatic N) is 2. The van der Waals surface area contributed by atoms with Crippen LogP contribution in [0.1, 0.15) is 22.3 Å². The van der Waals surface area contributed by atoms with E-state index in [0.717, 1.165) is 33.8 Å². The lowest BCUT2D eigenvalue weighted by molar-refractivity contribution is 0.793. The van der Waals surface area contributed by atoms with Crippen molar-refractivity contribution in [3.05, 3.63) is 289 Å². The third-order valence-corrected chi connectivity index (χ3v) is 14.8. The van der Waals surface area contributed by atoms with E-state index in [0.29, 0.717) is 0 Å². The van der Waals surface area contributed by atoms with Crippen LogP contribution in [0, 0.1) is 0 Å². The molecule has 0 radical (unpaired) electrons. The number of para-hydroxylation sites is 2. The second-order valence-electron chi connectivity index (χ2n) is 18.4. The van der Waals surface area contributed by atoms with Crippen LogP contribution in [0.3, 0.4) is 0 Å². The van der Waals surface area contributed by atoms with Crippen LogP contribution >= 0.6 is 0 Å². The predicted molar refractivity (Wildman–Crippen MR) is 288 cm³/mol. The average molecular weight is 877 g/mol. The molecule has 2 aliphatic rings. The second-order valence-corrected chi connectivity index (χ2v) is 18.4. The van der Waals surface area contributed by atoms with E-state index in [-0.39, 0.29) is 0 Å². The number of anilines is 3. The summed E-state index contributed by atoms with van der Waals surface area (Å²) in [6.07, 6.45) is 0. The van der Waals surface area contributed by atoms with Gasteiger partial charge in [-0.3, -0.25) is 0 Å². The Morgan fingerprint density at radius 1 is 0.304 bits per heavy atom. The van der Waals surface area contributed by atoms with Gasteiger partial charge in [-0.05, 0) is 133 Å². The molecule has 2 aliphatic carbocycles. The first kappa shape index (κ1) is 39.2. The van der Waals surface area contributed by atoms with Gasteiger partial charge in [-0.15, -0.1) is 0 Å². The van der Waals surface area contributed by atoms with Crippen molar-refractivity contribution in [2.45, 2.75) is 5.41 Å². The highest BCUT2D eigenvalue weighted by molar-refractivity contribution is 6.19. The van der Waals surface area contributed by atoms with Crippen LogP contribution < -0.4 is 4.90 Å². The standard InChI is InChI=1S/C67H44N2/c1-4-19-45(20-5-1)47-35-37-51(38-36-47)68(52-39-40-56-55-29-12-16-33-60(55)67(61(56)44-52)58-31-14-10-27-53(58)54-28-11-15-32-59(54)67)63-41-42-64-66(57-30-13-17-34-62(57)69(64)50-25-8-3-9-26-50)65(63)49-24-18-23-48(43-49)46-21-6-2-7-22-46/h1-44H. The van der Waals surface area contributed by atoms with Crippen LogP contribution in [-0.4, -0.2) is 4.57 Å². The molecule has 0 unspecified atom stereocenters. The molecule has 0 saturated heterocycles. The predicted octanol–water partition coefficient (Wildman–Crippen LogP) is 17.6. The molecule has 2 heteroatoms. The molecule has 322 valence electrons. The van der Waals surface area contributed by atoms with E-state index in [4.69, 9.17) is 0 Å². The molecule has 0 N–H and O–H groups in total. The Hall–Kier alpha value is -8.98. The maximum absolute atomic E-state index is 2.52. The summed E-state index contributed by atoms with van der Waals surface area (Å²) in [5.41, 5.74) is 23.8. The van der Waals surface area contributed by atoms with E-state index >= 15 is 0 Å². The zero-order valence-electron chi connectivity index (χ0n) is 37.8. The molecular formula is C67H44N2. The van der Waals surface area contributed by atoms with E-state index in [2.05, 4.69) is 276 Å². The first-order chi connectivity index (χ1) is 34.3. The van der Waals surface area contributed by atoms with Crippen molar-refractivity contribution in [2.75, 3.05) is 4.90 Å². The highest BCUT2D eigenvalue weighted by atomic mass is 15.1. The van der Waals surface area contributed by atoms with Crippen LogP contribution in [0.2, 0.25) is 0 Å². The lowest BCUT2D eigenvalue weighted by Gasteiger charge is -2.33. The highest BCUT2D eigenvalue weighted by Gasteiger charge is 2.51. The first-order valence-electron chi connectivity index (χ1n) is 23.9. The van der Waals surface area contributed by atoms with Crippen molar-refractivity contribution < 1.29 is 0 Å². The smallest absolute Gasteiger partial charge is 0.0726 e. The van der Waals surface area contributed by atoms with Gasteiger partial charge in [0.05, 0.1) is 22.1 Å². The molecule has 14 rings (SSSR count). The molecule has 0 aliphatic heterocycles. The fraction of sp³-hybridized carbons (Fsp3) is 0.0149. The minimum absolute atomic E-state index is 0.488. The summed E-state index contributed by atoms with van der Waals surface area (Å²) < 4.78 is 2.43. The molecule has 0 saturated carbocycles. The lowest BCUT2D eigenvalue weighted by Crippen LogP contribution is -2.26. The molecule has 2 nitrogen and oxygen atoms in total. The molecule has 0 amide bonds. The largest absolute Gasteiger partial charge is 0.310 e. The molecule has 1 spiro atoms. The first-order valence-corrected chi connectivity index (χ1v) is 23.9. The van der Waals surface area contributed by atoms with Gasteiger partial charge in [0.15, 0.2) is 0 Å². The SMILES string of the molecule is c1ccc(-c2ccc(N(c3ccc4c(c3)C3(c5ccccc5-c5ccccc53)c3ccccc3-4)c3ccc4c(c3-c3cccc(-c5ccccc5)c3)c3ccccc3n4-c3ccccc3)cc2)cc1. The van der Waals surface area contributed by atoms with Gasteiger partial charge in [0.25, 0.3) is 0 Å². The molecule has 12 aromatic rings. The Kier molecular flexibility index (Phi) is 8.84. The Balaban J connectivity index is 1.09. The average Bonchev–Trinajstić information content (AvgIpc) is 4.04. The fourth-order valence-electron chi connectivity index (χ4n) is 12.0. The summed E-state index contributed by atoms with van der Waals surface area (Å²) in [5, 5.41) is 2.42. The van der Waals surface area contributed by atoms with Crippen LogP contribution in [0.5, 0.6) is 0 Å². The second kappa shape index (κ2) is 15.6. The van der Waals surface area contributed by atoms with Crippen molar-refractivity contribution in [1.82, 2.24) is 4.57 Å². The minimum atomic E-state index is -0.488. The van der Waals surface area contributed by atoms with Crippen molar-refractivity contribution in [2.24, 2.45) is 0 Å². The van der Waals surface area contributed by atoms with E-state index in [1.165, 1.54) is 88.6 Å². The number of fused-ring (bicyclic) bond motifs is 13. The number of hydrogen-bond acceptors (Lipinski definition) is 1. The number of aromatic nitrogens is 1. The summed E-state index contributed by atoms with van der Waals surface area (Å²) in [5.74, 6) is 0. The van der Waals surface area contributed by atoms with Gasteiger partial charge in [-0.1, -0.05) is 206 Å². The van der Waals surface area contributed by atoms with Crippen LogP contribution in [0.15, 0.2) is 267 Å². The molecular weight excluding hydrogens is 833 g/mol. The molecule has 1 aromatic heterocycles. The van der Waals surface area contributed by atoms with E-state index in [1.807, 2.05) is 0 Å². The van der Waals surface area contributed by atoms with Crippen molar-refractivity contribution >= 4 is 38.9 Å². The minimum Gasteiger partial charge on any atom is -0.310 e. The number of benzene rings is 11. The molecule has 0 fully saturated rings. The summed E-state index contributed by atoms with van der Waals surface area (Å²) in [7, 11) is 0. The summed E-state index contributed by atoms with van der Waals surface area (Å²) >= 11 is 0. The Bertz CT molecular complexity index is 3880. The fourth-order valence-corrected chi connectivity index (χ4v) is 12.0. The van der Waals surface area contributed by atoms with E-state index in [9.17, 15) is 0 Å². The molecule has 0 atom stereocenters. The van der Waals surface area contributed by atoms with Gasteiger partial charge < -0.3 is 9.47 Å². The Morgan fingerprint density at radius 3 is 1.45 bits per heavy atom. The summed E-state index contributed by atoms with van der Waals surface area (Å²) in [6, 6.07) is 98.7. The Morgan fingerprint density at radius 2 is 0.797 bits per heavy atom. The maximum atomic E-state index is 2.52. The van der Waals surface area contributed by atoms with E-state index < -0.39 is 5.41 Å². The van der Waals surface area contributed by atoms with Crippen molar-refractivity contribution in [1.29, 1.82) is 0 Å². The number of rotatable bonds is 7. The van der Waals surface area contributed by atoms with Crippen LogP contribution in [0.25, 0.3) is 83.1 Å². The highest BCUT2D eigenvalue weighted by Crippen LogP contribution is 2.63. The van der Waals surface area contributed by atoms with Crippen molar-refractivity contribution in [3.63, 3.8) is 0 Å². The molecule has 11 aromatic carbocycles.